The number of amides is 1. The Bertz CT molecular complexity index is 594. The van der Waals surface area contributed by atoms with Gasteiger partial charge < -0.3 is 10.2 Å². The predicted molar refractivity (Wildman–Crippen MR) is 72.2 cm³/mol. The molecule has 1 aromatic carbocycles. The van der Waals surface area contributed by atoms with E-state index < -0.39 is 4.92 Å². The van der Waals surface area contributed by atoms with E-state index in [9.17, 15) is 14.9 Å². The summed E-state index contributed by atoms with van der Waals surface area (Å²) in [7, 11) is 1.57. The van der Waals surface area contributed by atoms with Crippen LogP contribution in [-0.2, 0) is 4.79 Å². The number of nitrogens with zero attached hydrogens (tertiary/aromatic N) is 3. The van der Waals surface area contributed by atoms with Crippen molar-refractivity contribution in [3.05, 3.63) is 33.9 Å². The zero-order chi connectivity index (χ0) is 14.7. The molecule has 0 saturated carbocycles. The van der Waals surface area contributed by atoms with Gasteiger partial charge in [0, 0.05) is 25.3 Å². The third-order valence-electron chi connectivity index (χ3n) is 3.43. The van der Waals surface area contributed by atoms with Crippen molar-refractivity contribution < 1.29 is 9.72 Å². The van der Waals surface area contributed by atoms with Crippen LogP contribution in [0.4, 0.5) is 11.4 Å². The summed E-state index contributed by atoms with van der Waals surface area (Å²) in [6, 6.07) is 5.92. The van der Waals surface area contributed by atoms with Crippen LogP contribution >= 0.6 is 0 Å². The lowest BCUT2D eigenvalue weighted by Gasteiger charge is -2.25. The van der Waals surface area contributed by atoms with E-state index in [2.05, 4.69) is 5.32 Å². The molecule has 1 aliphatic rings. The topological polar surface area (TPSA) is 99.3 Å². The van der Waals surface area contributed by atoms with Gasteiger partial charge in [0.2, 0.25) is 5.91 Å². The van der Waals surface area contributed by atoms with E-state index in [0.29, 0.717) is 18.7 Å². The van der Waals surface area contributed by atoms with Gasteiger partial charge in [-0.15, -0.1) is 0 Å². The van der Waals surface area contributed by atoms with Gasteiger partial charge in [-0.1, -0.05) is 0 Å². The van der Waals surface area contributed by atoms with E-state index in [-0.39, 0.29) is 23.2 Å². The normalized spacial score (nSPS) is 17.6. The SMILES string of the molecule is CNC(=O)C1CCCN1c1ccc(C#N)c([N+](=O)[O-])c1. The Labute approximate surface area is 115 Å². The van der Waals surface area contributed by atoms with Gasteiger partial charge in [0.25, 0.3) is 5.69 Å². The first-order chi connectivity index (χ1) is 9.58. The minimum Gasteiger partial charge on any atom is -0.359 e. The van der Waals surface area contributed by atoms with Crippen LogP contribution in [0.25, 0.3) is 0 Å². The number of nitro groups is 1. The molecule has 104 valence electrons. The molecule has 0 spiro atoms. The van der Waals surface area contributed by atoms with E-state index >= 15 is 0 Å². The first-order valence-electron chi connectivity index (χ1n) is 6.25. The van der Waals surface area contributed by atoms with Gasteiger partial charge in [-0.25, -0.2) is 0 Å². The highest BCUT2D eigenvalue weighted by Crippen LogP contribution is 2.30. The molecule has 1 aliphatic heterocycles. The fourth-order valence-corrected chi connectivity index (χ4v) is 2.46. The van der Waals surface area contributed by atoms with Crippen molar-refractivity contribution >= 4 is 17.3 Å². The van der Waals surface area contributed by atoms with Crippen LogP contribution in [0.2, 0.25) is 0 Å². The average molecular weight is 274 g/mol. The molecule has 1 saturated heterocycles. The highest BCUT2D eigenvalue weighted by molar-refractivity contribution is 5.85. The Hall–Kier alpha value is -2.62. The number of anilines is 1. The first-order valence-corrected chi connectivity index (χ1v) is 6.25. The molecule has 0 radical (unpaired) electrons. The smallest absolute Gasteiger partial charge is 0.289 e. The second-order valence-electron chi connectivity index (χ2n) is 4.54. The molecule has 1 atom stereocenters. The molecule has 20 heavy (non-hydrogen) atoms. The molecular formula is C13H14N4O3. The molecule has 0 aromatic heterocycles. The standard InChI is InChI=1S/C13H14N4O3/c1-15-13(18)11-3-2-6-16(11)10-5-4-9(8-14)12(7-10)17(19)20/h4-5,7,11H,2-3,6H2,1H3,(H,15,18). The zero-order valence-corrected chi connectivity index (χ0v) is 11.0. The molecule has 1 unspecified atom stereocenters. The van der Waals surface area contributed by atoms with Gasteiger partial charge >= 0.3 is 0 Å². The Balaban J connectivity index is 2.38. The molecule has 7 nitrogen and oxygen atoms in total. The van der Waals surface area contributed by atoms with E-state index in [0.717, 1.165) is 6.42 Å². The number of nitriles is 1. The zero-order valence-electron chi connectivity index (χ0n) is 11.0. The Morgan fingerprint density at radius 1 is 1.60 bits per heavy atom. The van der Waals surface area contributed by atoms with Crippen LogP contribution in [0.5, 0.6) is 0 Å². The number of nitrogens with one attached hydrogen (secondary N) is 1. The van der Waals surface area contributed by atoms with E-state index in [4.69, 9.17) is 5.26 Å². The monoisotopic (exact) mass is 274 g/mol. The lowest BCUT2D eigenvalue weighted by atomic mass is 10.1. The van der Waals surface area contributed by atoms with Crippen molar-refractivity contribution in [1.82, 2.24) is 5.32 Å². The number of likely N-dealkylation sites (N-methyl/N-ethyl adjacent to an activating group) is 1. The van der Waals surface area contributed by atoms with E-state index in [1.807, 2.05) is 4.90 Å². The summed E-state index contributed by atoms with van der Waals surface area (Å²) in [6.45, 7) is 0.668. The Morgan fingerprint density at radius 2 is 2.35 bits per heavy atom. The summed E-state index contributed by atoms with van der Waals surface area (Å²) in [6.07, 6.45) is 1.57. The second-order valence-corrected chi connectivity index (χ2v) is 4.54. The first kappa shape index (κ1) is 13.8. The number of hydrogen-bond donors (Lipinski definition) is 1. The summed E-state index contributed by atoms with van der Waals surface area (Å²) in [5, 5.41) is 22.4. The van der Waals surface area contributed by atoms with E-state index in [1.54, 1.807) is 19.2 Å². The average Bonchev–Trinajstić information content (AvgIpc) is 2.95. The summed E-state index contributed by atoms with van der Waals surface area (Å²) >= 11 is 0. The van der Waals surface area contributed by atoms with Gasteiger partial charge in [0.05, 0.1) is 4.92 Å². The Morgan fingerprint density at radius 3 is 2.95 bits per heavy atom. The Kier molecular flexibility index (Phi) is 3.84. The number of carbonyl (C=O) groups excluding carboxylic acids is 1. The molecule has 1 fully saturated rings. The van der Waals surface area contributed by atoms with Crippen LogP contribution in [0.1, 0.15) is 18.4 Å². The molecule has 1 heterocycles. The third kappa shape index (κ3) is 2.40. The largest absolute Gasteiger partial charge is 0.359 e. The van der Waals surface area contributed by atoms with Crippen LogP contribution in [0, 0.1) is 21.4 Å². The van der Waals surface area contributed by atoms with Gasteiger partial charge in [-0.3, -0.25) is 14.9 Å². The minimum atomic E-state index is -0.576. The molecule has 1 aromatic rings. The summed E-state index contributed by atoms with van der Waals surface area (Å²) in [5.41, 5.74) is 0.392. The van der Waals surface area contributed by atoms with Crippen LogP contribution in [0.3, 0.4) is 0 Å². The quantitative estimate of drug-likeness (QED) is 0.659. The highest BCUT2D eigenvalue weighted by atomic mass is 16.6. The van der Waals surface area contributed by atoms with Gasteiger partial charge in [0.1, 0.15) is 17.7 Å². The van der Waals surface area contributed by atoms with Crippen LogP contribution in [-0.4, -0.2) is 30.5 Å². The van der Waals surface area contributed by atoms with Crippen molar-refractivity contribution in [2.75, 3.05) is 18.5 Å². The molecule has 0 bridgehead atoms. The summed E-state index contributed by atoms with van der Waals surface area (Å²) in [4.78, 5) is 24.0. The second kappa shape index (κ2) is 5.57. The van der Waals surface area contributed by atoms with Gasteiger partial charge in [-0.05, 0) is 25.0 Å². The molecule has 0 aliphatic carbocycles. The maximum atomic E-state index is 11.8. The van der Waals surface area contributed by atoms with E-state index in [1.165, 1.54) is 12.1 Å². The van der Waals surface area contributed by atoms with Crippen LogP contribution < -0.4 is 10.2 Å². The lowest BCUT2D eigenvalue weighted by molar-refractivity contribution is -0.385. The fourth-order valence-electron chi connectivity index (χ4n) is 2.46. The predicted octanol–water partition coefficient (Wildman–Crippen LogP) is 1.18. The molecule has 2 rings (SSSR count). The minimum absolute atomic E-state index is 0.0226. The van der Waals surface area contributed by atoms with Crippen molar-refractivity contribution in [1.29, 1.82) is 5.26 Å². The molecule has 1 amide bonds. The van der Waals surface area contributed by atoms with Crippen molar-refractivity contribution in [3.8, 4) is 6.07 Å². The van der Waals surface area contributed by atoms with Gasteiger partial charge in [0.15, 0.2) is 0 Å². The molecular weight excluding hydrogens is 260 g/mol. The number of hydrogen-bond acceptors (Lipinski definition) is 5. The summed E-state index contributed by atoms with van der Waals surface area (Å²) < 4.78 is 0. The molecule has 7 heteroatoms. The number of rotatable bonds is 3. The lowest BCUT2D eigenvalue weighted by Crippen LogP contribution is -2.42. The third-order valence-corrected chi connectivity index (χ3v) is 3.43. The maximum Gasteiger partial charge on any atom is 0.289 e. The van der Waals surface area contributed by atoms with Crippen molar-refractivity contribution in [2.24, 2.45) is 0 Å². The van der Waals surface area contributed by atoms with Crippen molar-refractivity contribution in [3.63, 3.8) is 0 Å². The maximum absolute atomic E-state index is 11.8. The highest BCUT2D eigenvalue weighted by Gasteiger charge is 2.31. The van der Waals surface area contributed by atoms with Gasteiger partial charge in [-0.2, -0.15) is 5.26 Å². The fraction of sp³-hybridized carbons (Fsp3) is 0.385. The molecule has 1 N–H and O–H groups in total. The number of benzene rings is 1. The van der Waals surface area contributed by atoms with Crippen LogP contribution in [0.15, 0.2) is 18.2 Å². The van der Waals surface area contributed by atoms with Crippen molar-refractivity contribution in [2.45, 2.75) is 18.9 Å². The number of carbonyl (C=O) groups is 1. The number of nitro benzene ring substituents is 1. The summed E-state index contributed by atoms with van der Waals surface area (Å²) in [5.74, 6) is -0.102.